The average Bonchev–Trinajstić information content (AvgIpc) is 3.10. The summed E-state index contributed by atoms with van der Waals surface area (Å²) in [6.07, 6.45) is -3.04. The summed E-state index contributed by atoms with van der Waals surface area (Å²) < 4.78 is 41.6. The lowest BCUT2D eigenvalue weighted by atomic mass is 10.2. The summed E-state index contributed by atoms with van der Waals surface area (Å²) in [5.41, 5.74) is -0.253. The molecule has 0 aliphatic heterocycles. The maximum absolute atomic E-state index is 12.9. The van der Waals surface area contributed by atoms with Crippen molar-refractivity contribution in [2.45, 2.75) is 46.1 Å². The van der Waals surface area contributed by atoms with E-state index in [1.54, 1.807) is 24.0 Å². The molecule has 25 heavy (non-hydrogen) atoms. The van der Waals surface area contributed by atoms with E-state index < -0.39 is 22.9 Å². The van der Waals surface area contributed by atoms with Crippen LogP contribution < -0.4 is 0 Å². The van der Waals surface area contributed by atoms with E-state index in [4.69, 9.17) is 11.6 Å². The summed E-state index contributed by atoms with van der Waals surface area (Å²) in [5, 5.41) is 7.15. The van der Waals surface area contributed by atoms with Crippen LogP contribution in [0.4, 0.5) is 13.2 Å². The van der Waals surface area contributed by atoms with Gasteiger partial charge in [-0.3, -0.25) is 14.2 Å². The molecule has 10 heteroatoms. The number of carbonyl (C=O) groups excluding carboxylic acids is 1. The molecule has 0 radical (unpaired) electrons. The topological polar surface area (TPSA) is 56.0 Å². The van der Waals surface area contributed by atoms with Gasteiger partial charge < -0.3 is 4.90 Å². The molecule has 2 aromatic heterocycles. The van der Waals surface area contributed by atoms with Crippen LogP contribution in [0.25, 0.3) is 0 Å². The lowest BCUT2D eigenvalue weighted by Crippen LogP contribution is -2.34. The highest BCUT2D eigenvalue weighted by Gasteiger charge is 2.39. The zero-order valence-electron chi connectivity index (χ0n) is 14.3. The second-order valence-corrected chi connectivity index (χ2v) is 6.08. The first-order valence-electron chi connectivity index (χ1n) is 7.65. The zero-order chi connectivity index (χ0) is 18.9. The molecule has 0 saturated heterocycles. The van der Waals surface area contributed by atoms with E-state index in [1.165, 1.54) is 18.7 Å². The summed E-state index contributed by atoms with van der Waals surface area (Å²) in [4.78, 5) is 14.0. The van der Waals surface area contributed by atoms with Crippen LogP contribution in [0.2, 0.25) is 5.02 Å². The lowest BCUT2D eigenvalue weighted by molar-refractivity contribution is -0.142. The molecule has 0 spiro atoms. The maximum atomic E-state index is 12.9. The molecular formula is C15H19ClF3N5O. The molecule has 1 amide bonds. The summed E-state index contributed by atoms with van der Waals surface area (Å²) in [6, 6.07) is 0.868. The minimum Gasteiger partial charge on any atom is -0.338 e. The fourth-order valence-electron chi connectivity index (χ4n) is 2.58. The number of aromatic nitrogens is 4. The third-order valence-electron chi connectivity index (χ3n) is 3.95. The quantitative estimate of drug-likeness (QED) is 0.803. The van der Waals surface area contributed by atoms with Gasteiger partial charge in [-0.15, -0.1) is 0 Å². The summed E-state index contributed by atoms with van der Waals surface area (Å²) in [5.74, 6) is -0.375. The van der Waals surface area contributed by atoms with Crippen molar-refractivity contribution in [1.29, 1.82) is 0 Å². The number of likely N-dealkylation sites (N-methyl/N-ethyl adjacent to an activating group) is 1. The maximum Gasteiger partial charge on any atom is 0.436 e. The van der Waals surface area contributed by atoms with Crippen LogP contribution in [0.15, 0.2) is 12.3 Å². The molecule has 0 saturated carbocycles. The van der Waals surface area contributed by atoms with Gasteiger partial charge in [-0.1, -0.05) is 11.6 Å². The molecule has 0 aliphatic rings. The molecule has 2 aromatic rings. The third kappa shape index (κ3) is 3.81. The normalized spacial score (nSPS) is 13.1. The Bertz CT molecular complexity index is 768. The van der Waals surface area contributed by atoms with Crippen molar-refractivity contribution < 1.29 is 18.0 Å². The van der Waals surface area contributed by atoms with Crippen molar-refractivity contribution in [3.8, 4) is 0 Å². The van der Waals surface area contributed by atoms with Crippen LogP contribution in [-0.4, -0.2) is 37.4 Å². The van der Waals surface area contributed by atoms with E-state index in [0.717, 1.165) is 10.4 Å². The average molecular weight is 378 g/mol. The Morgan fingerprint density at radius 3 is 2.60 bits per heavy atom. The molecule has 0 fully saturated rings. The largest absolute Gasteiger partial charge is 0.436 e. The summed E-state index contributed by atoms with van der Waals surface area (Å²) in [7, 11) is 1.58. The van der Waals surface area contributed by atoms with Crippen molar-refractivity contribution in [3.63, 3.8) is 0 Å². The zero-order valence-corrected chi connectivity index (χ0v) is 15.1. The Balaban J connectivity index is 2.22. The van der Waals surface area contributed by atoms with Gasteiger partial charge in [0.15, 0.2) is 5.69 Å². The van der Waals surface area contributed by atoms with Crippen LogP contribution >= 0.6 is 11.6 Å². The number of hydrogen-bond donors (Lipinski definition) is 0. The monoisotopic (exact) mass is 377 g/mol. The van der Waals surface area contributed by atoms with Gasteiger partial charge >= 0.3 is 6.18 Å². The molecule has 0 aromatic carbocycles. The molecule has 2 rings (SSSR count). The Labute approximate surface area is 148 Å². The number of nitrogens with zero attached hydrogens (tertiary/aromatic N) is 5. The van der Waals surface area contributed by atoms with Crippen molar-refractivity contribution in [3.05, 3.63) is 34.4 Å². The summed E-state index contributed by atoms with van der Waals surface area (Å²) in [6.45, 7) is 5.77. The highest BCUT2D eigenvalue weighted by molar-refractivity contribution is 6.32. The molecule has 0 unspecified atom stereocenters. The first-order valence-corrected chi connectivity index (χ1v) is 8.03. The second-order valence-electron chi connectivity index (χ2n) is 5.70. The Kier molecular flexibility index (Phi) is 5.46. The smallest absolute Gasteiger partial charge is 0.338 e. The Hall–Kier alpha value is -2.03. The first-order chi connectivity index (χ1) is 11.6. The molecule has 0 bridgehead atoms. The standard InChI is InChI=1S/C15H19ClF3N5O/c1-5-23-11(6-7-20-23)8-22(4)14(25)10(3)24-9(2)12(16)13(21-24)15(17,18)19/h6-7,10H,5,8H2,1-4H3/t10-/m1/s1. The van der Waals surface area contributed by atoms with Crippen molar-refractivity contribution in [2.75, 3.05) is 7.05 Å². The lowest BCUT2D eigenvalue weighted by Gasteiger charge is -2.22. The number of rotatable bonds is 5. The molecule has 1 atom stereocenters. The van der Waals surface area contributed by atoms with Crippen LogP contribution in [0.5, 0.6) is 0 Å². The molecular weight excluding hydrogens is 359 g/mol. The highest BCUT2D eigenvalue weighted by Crippen LogP contribution is 2.36. The number of alkyl halides is 3. The molecule has 138 valence electrons. The van der Waals surface area contributed by atoms with Crippen LogP contribution in [0.3, 0.4) is 0 Å². The van der Waals surface area contributed by atoms with Gasteiger partial charge in [0.2, 0.25) is 5.91 Å². The fraction of sp³-hybridized carbons (Fsp3) is 0.533. The molecule has 2 heterocycles. The first kappa shape index (κ1) is 19.3. The van der Waals surface area contributed by atoms with E-state index in [-0.39, 0.29) is 18.1 Å². The minimum atomic E-state index is -4.67. The van der Waals surface area contributed by atoms with Gasteiger partial charge in [0.05, 0.1) is 23.0 Å². The van der Waals surface area contributed by atoms with E-state index in [9.17, 15) is 18.0 Å². The third-order valence-corrected chi connectivity index (χ3v) is 4.40. The number of hydrogen-bond acceptors (Lipinski definition) is 3. The van der Waals surface area contributed by atoms with Gasteiger partial charge in [-0.05, 0) is 26.8 Å². The number of halogens is 4. The van der Waals surface area contributed by atoms with E-state index in [1.807, 2.05) is 6.92 Å². The van der Waals surface area contributed by atoms with Gasteiger partial charge in [-0.2, -0.15) is 23.4 Å². The number of carbonyl (C=O) groups is 1. The highest BCUT2D eigenvalue weighted by atomic mass is 35.5. The van der Waals surface area contributed by atoms with Crippen molar-refractivity contribution >= 4 is 17.5 Å². The van der Waals surface area contributed by atoms with E-state index in [0.29, 0.717) is 6.54 Å². The molecule has 6 nitrogen and oxygen atoms in total. The van der Waals surface area contributed by atoms with Gasteiger partial charge in [0.25, 0.3) is 0 Å². The van der Waals surface area contributed by atoms with E-state index >= 15 is 0 Å². The predicted molar refractivity (Wildman–Crippen MR) is 86.1 cm³/mol. The van der Waals surface area contributed by atoms with Crippen molar-refractivity contribution in [2.24, 2.45) is 0 Å². The van der Waals surface area contributed by atoms with Gasteiger partial charge in [0, 0.05) is 19.8 Å². The fourth-order valence-corrected chi connectivity index (χ4v) is 2.81. The number of aryl methyl sites for hydroxylation is 1. The Morgan fingerprint density at radius 2 is 2.08 bits per heavy atom. The minimum absolute atomic E-state index is 0.0989. The van der Waals surface area contributed by atoms with Crippen LogP contribution in [0.1, 0.15) is 37.0 Å². The van der Waals surface area contributed by atoms with Gasteiger partial charge in [0.1, 0.15) is 6.04 Å². The number of amides is 1. The predicted octanol–water partition coefficient (Wildman–Crippen LogP) is 3.30. The van der Waals surface area contributed by atoms with Crippen LogP contribution in [0, 0.1) is 6.92 Å². The SMILES string of the molecule is CCn1nccc1CN(C)C(=O)[C@@H](C)n1nc(C(F)(F)F)c(Cl)c1C. The van der Waals surface area contributed by atoms with Crippen molar-refractivity contribution in [1.82, 2.24) is 24.5 Å². The van der Waals surface area contributed by atoms with Crippen LogP contribution in [-0.2, 0) is 24.1 Å². The van der Waals surface area contributed by atoms with E-state index in [2.05, 4.69) is 10.2 Å². The summed E-state index contributed by atoms with van der Waals surface area (Å²) >= 11 is 5.74. The molecule has 0 aliphatic carbocycles. The Morgan fingerprint density at radius 1 is 1.44 bits per heavy atom. The molecule has 0 N–H and O–H groups in total. The second kappa shape index (κ2) is 7.07. The van der Waals surface area contributed by atoms with Gasteiger partial charge in [-0.25, -0.2) is 0 Å².